The number of hydrogen-bond acceptors (Lipinski definition) is 6. The molecule has 2 rings (SSSR count). The Hall–Kier alpha value is -2.36. The van der Waals surface area contributed by atoms with Crippen LogP contribution in [0, 0.1) is 6.92 Å². The second-order valence-corrected chi connectivity index (χ2v) is 7.81. The van der Waals surface area contributed by atoms with Crippen LogP contribution in [0.3, 0.4) is 0 Å². The number of rotatable bonds is 7. The number of carbonyl (C=O) groups excluding carboxylic acids is 1. The fraction of sp³-hybridized carbons (Fsp3) is 0.353. The van der Waals surface area contributed by atoms with E-state index < -0.39 is 15.9 Å². The first kappa shape index (κ1) is 20.0. The van der Waals surface area contributed by atoms with Crippen LogP contribution in [0.25, 0.3) is 0 Å². The molecule has 1 aromatic carbocycles. The van der Waals surface area contributed by atoms with Gasteiger partial charge in [0.25, 0.3) is 5.91 Å². The lowest BCUT2D eigenvalue weighted by Crippen LogP contribution is -2.29. The number of nitrogens with zero attached hydrogens (tertiary/aromatic N) is 2. The van der Waals surface area contributed by atoms with Crippen molar-refractivity contribution in [3.05, 3.63) is 47.5 Å². The topological polar surface area (TPSA) is 127 Å². The second-order valence-electron chi connectivity index (χ2n) is 6.04. The number of benzene rings is 1. The summed E-state index contributed by atoms with van der Waals surface area (Å²) in [4.78, 5) is 21.1. The maximum Gasteiger partial charge on any atom is 0.259 e. The van der Waals surface area contributed by atoms with E-state index in [0.29, 0.717) is 22.8 Å². The zero-order chi connectivity index (χ0) is 19.3. The summed E-state index contributed by atoms with van der Waals surface area (Å²) in [6.07, 6.45) is 1.48. The summed E-state index contributed by atoms with van der Waals surface area (Å²) in [5, 5.41) is 2.71. The Kier molecular flexibility index (Phi) is 6.41. The van der Waals surface area contributed by atoms with E-state index in [2.05, 4.69) is 20.0 Å². The van der Waals surface area contributed by atoms with Gasteiger partial charge in [-0.1, -0.05) is 19.9 Å². The molecule has 140 valence electrons. The van der Waals surface area contributed by atoms with Crippen LogP contribution < -0.4 is 15.8 Å². The largest absolute Gasteiger partial charge is 0.329 e. The normalized spacial score (nSPS) is 11.6. The molecule has 0 saturated heterocycles. The highest BCUT2D eigenvalue weighted by atomic mass is 32.2. The van der Waals surface area contributed by atoms with Crippen LogP contribution in [-0.2, 0) is 10.0 Å². The van der Waals surface area contributed by atoms with Crippen molar-refractivity contribution in [2.24, 2.45) is 5.73 Å². The van der Waals surface area contributed by atoms with Gasteiger partial charge in [0.2, 0.25) is 10.0 Å². The maximum atomic E-state index is 12.6. The lowest BCUT2D eigenvalue weighted by atomic mass is 10.0. The van der Waals surface area contributed by atoms with Crippen molar-refractivity contribution in [1.29, 1.82) is 0 Å². The lowest BCUT2D eigenvalue weighted by molar-refractivity contribution is 0.102. The third kappa shape index (κ3) is 4.84. The smallest absolute Gasteiger partial charge is 0.259 e. The summed E-state index contributed by atoms with van der Waals surface area (Å²) in [7, 11) is -3.68. The van der Waals surface area contributed by atoms with E-state index in [1.807, 2.05) is 13.8 Å². The van der Waals surface area contributed by atoms with E-state index in [1.54, 1.807) is 19.1 Å². The molecule has 0 saturated carbocycles. The summed E-state index contributed by atoms with van der Waals surface area (Å²) in [6, 6.07) is 6.01. The van der Waals surface area contributed by atoms with E-state index >= 15 is 0 Å². The molecule has 0 atom stereocenters. The van der Waals surface area contributed by atoms with Gasteiger partial charge in [0, 0.05) is 25.0 Å². The van der Waals surface area contributed by atoms with Crippen molar-refractivity contribution in [3.8, 4) is 0 Å². The van der Waals surface area contributed by atoms with Gasteiger partial charge < -0.3 is 11.1 Å². The molecule has 1 aromatic heterocycles. The minimum Gasteiger partial charge on any atom is -0.329 e. The van der Waals surface area contributed by atoms with Crippen molar-refractivity contribution in [2.75, 3.05) is 18.4 Å². The van der Waals surface area contributed by atoms with Gasteiger partial charge in [-0.25, -0.2) is 23.1 Å². The third-order valence-electron chi connectivity index (χ3n) is 3.57. The number of amides is 1. The highest BCUT2D eigenvalue weighted by molar-refractivity contribution is 7.89. The van der Waals surface area contributed by atoms with Gasteiger partial charge in [0.15, 0.2) is 0 Å². The molecule has 0 aliphatic rings. The molecular formula is C17H23N5O3S. The molecule has 2 aromatic rings. The fourth-order valence-electron chi connectivity index (χ4n) is 2.32. The van der Waals surface area contributed by atoms with E-state index in [-0.39, 0.29) is 23.9 Å². The van der Waals surface area contributed by atoms with Gasteiger partial charge in [0.1, 0.15) is 5.82 Å². The Morgan fingerprint density at radius 3 is 2.69 bits per heavy atom. The Morgan fingerprint density at radius 1 is 1.31 bits per heavy atom. The average molecular weight is 377 g/mol. The molecule has 0 fully saturated rings. The first-order valence-electron chi connectivity index (χ1n) is 8.19. The third-order valence-corrected chi connectivity index (χ3v) is 5.03. The summed E-state index contributed by atoms with van der Waals surface area (Å²) in [5.41, 5.74) is 6.69. The van der Waals surface area contributed by atoms with Crippen molar-refractivity contribution < 1.29 is 13.2 Å². The molecule has 0 aliphatic carbocycles. The zero-order valence-corrected chi connectivity index (χ0v) is 15.8. The minimum atomic E-state index is -3.68. The van der Waals surface area contributed by atoms with Crippen LogP contribution >= 0.6 is 0 Å². The van der Waals surface area contributed by atoms with Crippen LogP contribution in [0.1, 0.15) is 41.6 Å². The number of hydrogen-bond donors (Lipinski definition) is 3. The van der Waals surface area contributed by atoms with Crippen LogP contribution in [0.2, 0.25) is 0 Å². The van der Waals surface area contributed by atoms with Crippen LogP contribution in [0.4, 0.5) is 5.69 Å². The molecule has 0 unspecified atom stereocenters. The summed E-state index contributed by atoms with van der Waals surface area (Å²) < 4.78 is 26.7. The van der Waals surface area contributed by atoms with E-state index in [1.165, 1.54) is 18.3 Å². The first-order valence-corrected chi connectivity index (χ1v) is 9.67. The SMILES string of the molecule is Cc1ncc(C(=O)Nc2cccc(S(=O)(=O)NCCN)c2)c(C(C)C)n1. The van der Waals surface area contributed by atoms with Crippen molar-refractivity contribution in [3.63, 3.8) is 0 Å². The molecule has 0 radical (unpaired) electrons. The molecule has 1 amide bonds. The van der Waals surface area contributed by atoms with Crippen molar-refractivity contribution >= 4 is 21.6 Å². The molecule has 0 bridgehead atoms. The number of anilines is 1. The molecular weight excluding hydrogens is 354 g/mol. The molecule has 1 heterocycles. The van der Waals surface area contributed by atoms with Gasteiger partial charge in [-0.2, -0.15) is 0 Å². The second kappa shape index (κ2) is 8.35. The number of nitrogens with two attached hydrogens (primary N) is 1. The summed E-state index contributed by atoms with van der Waals surface area (Å²) in [5.74, 6) is 0.243. The molecule has 4 N–H and O–H groups in total. The van der Waals surface area contributed by atoms with Gasteiger partial charge in [-0.05, 0) is 31.0 Å². The van der Waals surface area contributed by atoms with E-state index in [4.69, 9.17) is 5.73 Å². The fourth-order valence-corrected chi connectivity index (χ4v) is 3.41. The van der Waals surface area contributed by atoms with Gasteiger partial charge >= 0.3 is 0 Å². The quantitative estimate of drug-likeness (QED) is 0.669. The average Bonchev–Trinajstić information content (AvgIpc) is 2.60. The first-order chi connectivity index (χ1) is 12.2. The van der Waals surface area contributed by atoms with E-state index in [9.17, 15) is 13.2 Å². The molecule has 0 aliphatic heterocycles. The Morgan fingerprint density at radius 2 is 2.04 bits per heavy atom. The predicted octanol–water partition coefficient (Wildman–Crippen LogP) is 1.40. The number of aryl methyl sites for hydroxylation is 1. The van der Waals surface area contributed by atoms with E-state index in [0.717, 1.165) is 0 Å². The highest BCUT2D eigenvalue weighted by Crippen LogP contribution is 2.20. The highest BCUT2D eigenvalue weighted by Gasteiger charge is 2.18. The summed E-state index contributed by atoms with van der Waals surface area (Å²) in [6.45, 7) is 5.97. The van der Waals surface area contributed by atoms with Crippen molar-refractivity contribution in [1.82, 2.24) is 14.7 Å². The standard InChI is InChI=1S/C17H23N5O3S/c1-11(2)16-15(10-19-12(3)21-16)17(23)22-13-5-4-6-14(9-13)26(24,25)20-8-7-18/h4-6,9-11,20H,7-8,18H2,1-3H3,(H,22,23). The van der Waals surface area contributed by atoms with Gasteiger partial charge in [-0.3, -0.25) is 4.79 Å². The van der Waals surface area contributed by atoms with Crippen LogP contribution in [0.15, 0.2) is 35.4 Å². The lowest BCUT2D eigenvalue weighted by Gasteiger charge is -2.13. The zero-order valence-electron chi connectivity index (χ0n) is 15.0. The van der Waals surface area contributed by atoms with Crippen LogP contribution in [0.5, 0.6) is 0 Å². The monoisotopic (exact) mass is 377 g/mol. The molecule has 9 heteroatoms. The Labute approximate surface area is 153 Å². The number of aromatic nitrogens is 2. The van der Waals surface area contributed by atoms with Gasteiger partial charge in [0.05, 0.1) is 16.2 Å². The maximum absolute atomic E-state index is 12.6. The Balaban J connectivity index is 2.27. The number of nitrogens with one attached hydrogen (secondary N) is 2. The van der Waals surface area contributed by atoms with Crippen molar-refractivity contribution in [2.45, 2.75) is 31.6 Å². The summed E-state index contributed by atoms with van der Waals surface area (Å²) >= 11 is 0. The molecule has 8 nitrogen and oxygen atoms in total. The Bertz CT molecular complexity index is 897. The van der Waals surface area contributed by atoms with Gasteiger partial charge in [-0.15, -0.1) is 0 Å². The molecule has 0 spiro atoms. The number of sulfonamides is 1. The van der Waals surface area contributed by atoms with Crippen LogP contribution in [-0.4, -0.2) is 37.4 Å². The molecule has 26 heavy (non-hydrogen) atoms. The number of carbonyl (C=O) groups is 1. The minimum absolute atomic E-state index is 0.0459. The predicted molar refractivity (Wildman–Crippen MR) is 99.5 cm³/mol.